The third-order valence-electron chi connectivity index (χ3n) is 5.66. The van der Waals surface area contributed by atoms with Crippen molar-refractivity contribution in [3.05, 3.63) is 17.5 Å². The average molecular weight is 418 g/mol. The number of fused-ring (bicyclic) bond motifs is 1. The molecule has 2 fully saturated rings. The maximum absolute atomic E-state index is 13.1. The third kappa shape index (κ3) is 4.21. The first-order valence-corrected chi connectivity index (χ1v) is 10.6. The Labute approximate surface area is 176 Å². The highest BCUT2D eigenvalue weighted by Crippen LogP contribution is 2.53. The van der Waals surface area contributed by atoms with Crippen LogP contribution in [0.4, 0.5) is 10.7 Å². The highest BCUT2D eigenvalue weighted by molar-refractivity contribution is 5.85. The van der Waals surface area contributed by atoms with Gasteiger partial charge in [0.2, 0.25) is 5.95 Å². The zero-order valence-electron chi connectivity index (χ0n) is 18.0. The number of hydrogen-bond acceptors (Lipinski definition) is 8. The van der Waals surface area contributed by atoms with Crippen LogP contribution in [0.5, 0.6) is 0 Å². The molecule has 2 atom stereocenters. The molecule has 1 saturated carbocycles. The van der Waals surface area contributed by atoms with E-state index in [9.17, 15) is 9.59 Å². The molecule has 2 unspecified atom stereocenters. The first-order valence-electron chi connectivity index (χ1n) is 10.6. The Balaban J connectivity index is 1.68. The number of esters is 1. The largest absolute Gasteiger partial charge is 0.467 e. The van der Waals surface area contributed by atoms with Gasteiger partial charge in [0.1, 0.15) is 5.60 Å². The Morgan fingerprint density at radius 2 is 1.90 bits per heavy atom. The lowest BCUT2D eigenvalue weighted by Crippen LogP contribution is -2.41. The van der Waals surface area contributed by atoms with Crippen LogP contribution in [0, 0.1) is 5.92 Å². The van der Waals surface area contributed by atoms with Crippen molar-refractivity contribution in [2.45, 2.75) is 70.2 Å². The number of nitrogens with one attached hydrogen (secondary N) is 1. The van der Waals surface area contributed by atoms with Crippen LogP contribution in [-0.2, 0) is 19.0 Å². The van der Waals surface area contributed by atoms with Gasteiger partial charge in [0.15, 0.2) is 6.04 Å². The van der Waals surface area contributed by atoms with Crippen LogP contribution >= 0.6 is 0 Å². The van der Waals surface area contributed by atoms with Gasteiger partial charge in [0, 0.05) is 31.0 Å². The molecule has 1 aliphatic carbocycles. The van der Waals surface area contributed by atoms with Gasteiger partial charge in [-0.3, -0.25) is 4.90 Å². The minimum Gasteiger partial charge on any atom is -0.467 e. The Morgan fingerprint density at radius 1 is 1.20 bits per heavy atom. The number of ether oxygens (including phenoxy) is 3. The molecule has 1 N–H and O–H groups in total. The van der Waals surface area contributed by atoms with E-state index in [1.165, 1.54) is 12.0 Å². The molecule has 164 valence electrons. The summed E-state index contributed by atoms with van der Waals surface area (Å²) in [5, 5.41) is 3.34. The summed E-state index contributed by atoms with van der Waals surface area (Å²) in [7, 11) is 1.32. The second kappa shape index (κ2) is 8.02. The van der Waals surface area contributed by atoms with Crippen molar-refractivity contribution in [2.75, 3.05) is 25.6 Å². The van der Waals surface area contributed by atoms with E-state index in [0.717, 1.165) is 31.2 Å². The van der Waals surface area contributed by atoms with E-state index in [2.05, 4.69) is 15.3 Å². The monoisotopic (exact) mass is 418 g/mol. The fraction of sp³-hybridized carbons (Fsp3) is 0.714. The molecule has 9 nitrogen and oxygen atoms in total. The summed E-state index contributed by atoms with van der Waals surface area (Å²) in [5.41, 5.74) is 0.646. The molecule has 3 heterocycles. The lowest BCUT2D eigenvalue weighted by Gasteiger charge is -2.31. The minimum absolute atomic E-state index is 0.218. The number of rotatable bonds is 4. The SMILES string of the molecule is COC(=O)C1c2nc(NC3CCOCC3)ncc2C(C2CC2)N1C(=O)OC(C)(C)C. The number of amides is 1. The highest BCUT2D eigenvalue weighted by atomic mass is 16.6. The lowest BCUT2D eigenvalue weighted by atomic mass is 10.1. The molecule has 9 heteroatoms. The van der Waals surface area contributed by atoms with Crippen LogP contribution in [0.2, 0.25) is 0 Å². The van der Waals surface area contributed by atoms with E-state index in [1.807, 2.05) is 20.8 Å². The molecular formula is C21H30N4O5. The first-order chi connectivity index (χ1) is 14.3. The van der Waals surface area contributed by atoms with Crippen molar-refractivity contribution >= 4 is 18.0 Å². The zero-order valence-corrected chi connectivity index (χ0v) is 18.0. The fourth-order valence-corrected chi connectivity index (χ4v) is 4.15. The molecule has 1 amide bonds. The summed E-state index contributed by atoms with van der Waals surface area (Å²) >= 11 is 0. The Hall–Kier alpha value is -2.42. The number of carbonyl (C=O) groups is 2. The molecule has 1 aromatic rings. The van der Waals surface area contributed by atoms with E-state index >= 15 is 0 Å². The normalized spacial score (nSPS) is 24.3. The number of methoxy groups -OCH3 is 1. The molecule has 30 heavy (non-hydrogen) atoms. The lowest BCUT2D eigenvalue weighted by molar-refractivity contribution is -0.147. The van der Waals surface area contributed by atoms with E-state index in [1.54, 1.807) is 6.20 Å². The summed E-state index contributed by atoms with van der Waals surface area (Å²) in [6.45, 7) is 6.82. The number of nitrogens with zero attached hydrogens (tertiary/aromatic N) is 3. The minimum atomic E-state index is -0.941. The fourth-order valence-electron chi connectivity index (χ4n) is 4.15. The molecule has 0 aromatic carbocycles. The Morgan fingerprint density at radius 3 is 2.50 bits per heavy atom. The van der Waals surface area contributed by atoms with Crippen molar-refractivity contribution in [2.24, 2.45) is 5.92 Å². The quantitative estimate of drug-likeness (QED) is 0.745. The van der Waals surface area contributed by atoms with Gasteiger partial charge in [-0.2, -0.15) is 0 Å². The standard InChI is InChI=1S/C21H30N4O5/c1-21(2,3)30-20(27)25-16(12-5-6-12)14-11-22-19(23-13-7-9-29-10-8-13)24-15(14)17(25)18(26)28-4/h11-13,16-17H,5-10H2,1-4H3,(H,22,23,24). The predicted molar refractivity (Wildman–Crippen MR) is 108 cm³/mol. The van der Waals surface area contributed by atoms with Crippen LogP contribution in [-0.4, -0.2) is 58.9 Å². The van der Waals surface area contributed by atoms with Crippen molar-refractivity contribution in [3.8, 4) is 0 Å². The second-order valence-corrected chi connectivity index (χ2v) is 9.16. The topological polar surface area (TPSA) is 103 Å². The van der Waals surface area contributed by atoms with Crippen LogP contribution in [0.1, 0.15) is 69.8 Å². The molecule has 0 radical (unpaired) electrons. The summed E-state index contributed by atoms with van der Waals surface area (Å²) in [6, 6.07) is -1.00. The highest BCUT2D eigenvalue weighted by Gasteiger charge is 2.53. The zero-order chi connectivity index (χ0) is 21.5. The van der Waals surface area contributed by atoms with Crippen LogP contribution in [0.15, 0.2) is 6.20 Å². The first kappa shape index (κ1) is 20.8. The summed E-state index contributed by atoms with van der Waals surface area (Å²) in [4.78, 5) is 36.6. The van der Waals surface area contributed by atoms with Crippen molar-refractivity contribution in [3.63, 3.8) is 0 Å². The van der Waals surface area contributed by atoms with Crippen LogP contribution in [0.3, 0.4) is 0 Å². The average Bonchev–Trinajstić information content (AvgIpc) is 3.47. The molecule has 2 aliphatic heterocycles. The summed E-state index contributed by atoms with van der Waals surface area (Å²) in [6.07, 6.45) is 4.92. The van der Waals surface area contributed by atoms with Crippen molar-refractivity contribution < 1.29 is 23.8 Å². The molecule has 0 spiro atoms. The number of hydrogen-bond donors (Lipinski definition) is 1. The van der Waals surface area contributed by atoms with E-state index < -0.39 is 23.7 Å². The van der Waals surface area contributed by atoms with Gasteiger partial charge in [0.05, 0.1) is 18.8 Å². The third-order valence-corrected chi connectivity index (χ3v) is 5.66. The molecule has 3 aliphatic rings. The van der Waals surface area contributed by atoms with Gasteiger partial charge in [0.25, 0.3) is 0 Å². The summed E-state index contributed by atoms with van der Waals surface area (Å²) < 4.78 is 16.1. The smallest absolute Gasteiger partial charge is 0.411 e. The molecule has 0 bridgehead atoms. The van der Waals surface area contributed by atoms with Gasteiger partial charge in [-0.15, -0.1) is 0 Å². The van der Waals surface area contributed by atoms with Gasteiger partial charge >= 0.3 is 12.1 Å². The molecular weight excluding hydrogens is 388 g/mol. The summed E-state index contributed by atoms with van der Waals surface area (Å²) in [5.74, 6) is 0.194. The van der Waals surface area contributed by atoms with Crippen molar-refractivity contribution in [1.82, 2.24) is 14.9 Å². The number of anilines is 1. The van der Waals surface area contributed by atoms with Gasteiger partial charge in [-0.05, 0) is 52.4 Å². The Bertz CT molecular complexity index is 814. The molecule has 1 aromatic heterocycles. The Kier molecular flexibility index (Phi) is 5.57. The maximum Gasteiger partial charge on any atom is 0.411 e. The van der Waals surface area contributed by atoms with Gasteiger partial charge < -0.3 is 19.5 Å². The molecule has 4 rings (SSSR count). The van der Waals surface area contributed by atoms with E-state index in [-0.39, 0.29) is 18.0 Å². The second-order valence-electron chi connectivity index (χ2n) is 9.16. The molecule has 1 saturated heterocycles. The van der Waals surface area contributed by atoms with Crippen molar-refractivity contribution in [1.29, 1.82) is 0 Å². The van der Waals surface area contributed by atoms with Gasteiger partial charge in [-0.25, -0.2) is 19.6 Å². The maximum atomic E-state index is 13.1. The predicted octanol–water partition coefficient (Wildman–Crippen LogP) is 2.98. The van der Waals surface area contributed by atoms with E-state index in [0.29, 0.717) is 24.9 Å². The van der Waals surface area contributed by atoms with E-state index in [4.69, 9.17) is 14.2 Å². The number of aromatic nitrogens is 2. The number of carbonyl (C=O) groups excluding carboxylic acids is 2. The van der Waals surface area contributed by atoms with Gasteiger partial charge in [-0.1, -0.05) is 0 Å². The van der Waals surface area contributed by atoms with Crippen LogP contribution in [0.25, 0.3) is 0 Å². The van der Waals surface area contributed by atoms with Crippen LogP contribution < -0.4 is 5.32 Å².